The quantitative estimate of drug-likeness (QED) is 0.661. The maximum atomic E-state index is 5.69. The van der Waals surface area contributed by atoms with Gasteiger partial charge in [0.1, 0.15) is 0 Å². The van der Waals surface area contributed by atoms with Gasteiger partial charge in [0.2, 0.25) is 0 Å². The minimum absolute atomic E-state index is 0.457. The highest BCUT2D eigenvalue weighted by Gasteiger charge is 2.12. The minimum Gasteiger partial charge on any atom is -0.376 e. The van der Waals surface area contributed by atoms with E-state index in [1.54, 1.807) is 0 Å². The first-order chi connectivity index (χ1) is 5.79. The second kappa shape index (κ2) is 5.51. The van der Waals surface area contributed by atoms with Crippen LogP contribution in [0.5, 0.6) is 0 Å². The third-order valence-corrected chi connectivity index (χ3v) is 2.14. The lowest BCUT2D eigenvalue weighted by Gasteiger charge is -2.23. The molecule has 1 fully saturated rings. The standard InChI is InChI=1S/C9H20N2O/c1-11(2)6-7-12-9-4-3-5-10-8-9/h9-10H,3-8H2,1-2H3/t9-/m1/s1. The van der Waals surface area contributed by atoms with Crippen LogP contribution in [0, 0.1) is 0 Å². The molecule has 1 heterocycles. The van der Waals surface area contributed by atoms with E-state index >= 15 is 0 Å². The van der Waals surface area contributed by atoms with Gasteiger partial charge in [-0.25, -0.2) is 0 Å². The molecule has 0 saturated carbocycles. The van der Waals surface area contributed by atoms with Crippen LogP contribution in [-0.4, -0.2) is 51.3 Å². The number of hydrogen-bond acceptors (Lipinski definition) is 3. The lowest BCUT2D eigenvalue weighted by Crippen LogP contribution is -2.36. The van der Waals surface area contributed by atoms with Crippen molar-refractivity contribution < 1.29 is 4.74 Å². The average Bonchev–Trinajstić information content (AvgIpc) is 2.05. The first-order valence-corrected chi connectivity index (χ1v) is 4.76. The third-order valence-electron chi connectivity index (χ3n) is 2.14. The van der Waals surface area contributed by atoms with Gasteiger partial charge >= 0.3 is 0 Å². The Labute approximate surface area is 75.1 Å². The highest BCUT2D eigenvalue weighted by molar-refractivity contribution is 4.68. The molecule has 0 bridgehead atoms. The molecule has 3 nitrogen and oxygen atoms in total. The normalized spacial score (nSPS) is 24.8. The zero-order valence-electron chi connectivity index (χ0n) is 8.18. The van der Waals surface area contributed by atoms with Crippen molar-refractivity contribution >= 4 is 0 Å². The van der Waals surface area contributed by atoms with Crippen LogP contribution in [0.3, 0.4) is 0 Å². The Morgan fingerprint density at radius 1 is 1.50 bits per heavy atom. The van der Waals surface area contributed by atoms with Crippen molar-refractivity contribution in [3.8, 4) is 0 Å². The van der Waals surface area contributed by atoms with E-state index in [9.17, 15) is 0 Å². The zero-order chi connectivity index (χ0) is 8.81. The third kappa shape index (κ3) is 4.04. The maximum absolute atomic E-state index is 5.69. The van der Waals surface area contributed by atoms with Crippen LogP contribution >= 0.6 is 0 Å². The van der Waals surface area contributed by atoms with E-state index in [2.05, 4.69) is 24.3 Å². The van der Waals surface area contributed by atoms with Gasteiger partial charge in [0, 0.05) is 13.1 Å². The van der Waals surface area contributed by atoms with Crippen LogP contribution in [0.15, 0.2) is 0 Å². The molecule has 1 rings (SSSR count). The summed E-state index contributed by atoms with van der Waals surface area (Å²) in [5.41, 5.74) is 0. The van der Waals surface area contributed by atoms with E-state index in [4.69, 9.17) is 4.74 Å². The van der Waals surface area contributed by atoms with Crippen molar-refractivity contribution in [2.24, 2.45) is 0 Å². The van der Waals surface area contributed by atoms with E-state index in [0.29, 0.717) is 6.10 Å². The summed E-state index contributed by atoms with van der Waals surface area (Å²) in [5, 5.41) is 3.33. The molecule has 0 aliphatic carbocycles. The van der Waals surface area contributed by atoms with Crippen molar-refractivity contribution in [3.05, 3.63) is 0 Å². The Hall–Kier alpha value is -0.120. The first-order valence-electron chi connectivity index (χ1n) is 4.76. The highest BCUT2D eigenvalue weighted by atomic mass is 16.5. The largest absolute Gasteiger partial charge is 0.376 e. The number of nitrogens with zero attached hydrogens (tertiary/aromatic N) is 1. The van der Waals surface area contributed by atoms with E-state index < -0.39 is 0 Å². The molecule has 1 aliphatic rings. The molecule has 1 N–H and O–H groups in total. The fourth-order valence-electron chi connectivity index (χ4n) is 1.36. The summed E-state index contributed by atoms with van der Waals surface area (Å²) in [6.45, 7) is 4.08. The first kappa shape index (κ1) is 9.96. The zero-order valence-corrected chi connectivity index (χ0v) is 8.18. The van der Waals surface area contributed by atoms with Crippen LogP contribution < -0.4 is 5.32 Å². The van der Waals surface area contributed by atoms with Crippen LogP contribution in [-0.2, 0) is 4.74 Å². The van der Waals surface area contributed by atoms with Crippen LogP contribution in [0.1, 0.15) is 12.8 Å². The van der Waals surface area contributed by atoms with Crippen molar-refractivity contribution in [2.45, 2.75) is 18.9 Å². The van der Waals surface area contributed by atoms with Gasteiger partial charge in [0.25, 0.3) is 0 Å². The smallest absolute Gasteiger partial charge is 0.0700 e. The predicted octanol–water partition coefficient (Wildman–Crippen LogP) is 0.317. The highest BCUT2D eigenvalue weighted by Crippen LogP contribution is 2.05. The summed E-state index contributed by atoms with van der Waals surface area (Å²) in [4.78, 5) is 2.15. The van der Waals surface area contributed by atoms with Gasteiger partial charge in [-0.05, 0) is 33.5 Å². The molecule has 1 saturated heterocycles. The summed E-state index contributed by atoms with van der Waals surface area (Å²) in [6, 6.07) is 0. The average molecular weight is 172 g/mol. The van der Waals surface area contributed by atoms with Gasteiger partial charge in [-0.3, -0.25) is 0 Å². The Balaban J connectivity index is 1.98. The van der Waals surface area contributed by atoms with Gasteiger partial charge < -0.3 is 15.0 Å². The van der Waals surface area contributed by atoms with Crippen molar-refractivity contribution in [1.82, 2.24) is 10.2 Å². The Bertz CT molecular complexity index is 111. The molecule has 0 amide bonds. The molecule has 1 aliphatic heterocycles. The van der Waals surface area contributed by atoms with Crippen LogP contribution in [0.2, 0.25) is 0 Å². The van der Waals surface area contributed by atoms with Crippen molar-refractivity contribution in [1.29, 1.82) is 0 Å². The van der Waals surface area contributed by atoms with Gasteiger partial charge in [-0.1, -0.05) is 0 Å². The number of nitrogens with one attached hydrogen (secondary N) is 1. The summed E-state index contributed by atoms with van der Waals surface area (Å²) in [5.74, 6) is 0. The fourth-order valence-corrected chi connectivity index (χ4v) is 1.36. The molecular formula is C9H20N2O. The van der Waals surface area contributed by atoms with Crippen LogP contribution in [0.4, 0.5) is 0 Å². The van der Waals surface area contributed by atoms with Gasteiger partial charge in [0.05, 0.1) is 12.7 Å². The second-order valence-corrected chi connectivity index (χ2v) is 3.64. The molecule has 0 unspecified atom stereocenters. The molecule has 3 heteroatoms. The number of rotatable bonds is 4. The maximum Gasteiger partial charge on any atom is 0.0700 e. The molecule has 1 atom stereocenters. The molecule has 0 aromatic carbocycles. The fraction of sp³-hybridized carbons (Fsp3) is 1.00. The van der Waals surface area contributed by atoms with E-state index in [1.165, 1.54) is 12.8 Å². The number of likely N-dealkylation sites (N-methyl/N-ethyl adjacent to an activating group) is 1. The lowest BCUT2D eigenvalue weighted by molar-refractivity contribution is 0.0295. The Kier molecular flexibility index (Phi) is 4.58. The summed E-state index contributed by atoms with van der Waals surface area (Å²) in [7, 11) is 4.14. The van der Waals surface area contributed by atoms with E-state index in [1.807, 2.05) is 0 Å². The van der Waals surface area contributed by atoms with E-state index in [-0.39, 0.29) is 0 Å². The van der Waals surface area contributed by atoms with Gasteiger partial charge in [-0.15, -0.1) is 0 Å². The molecule has 12 heavy (non-hydrogen) atoms. The topological polar surface area (TPSA) is 24.5 Å². The number of hydrogen-bond donors (Lipinski definition) is 1. The van der Waals surface area contributed by atoms with Crippen LogP contribution in [0.25, 0.3) is 0 Å². The van der Waals surface area contributed by atoms with Gasteiger partial charge in [-0.2, -0.15) is 0 Å². The molecular weight excluding hydrogens is 152 g/mol. The summed E-state index contributed by atoms with van der Waals surface area (Å²) in [6.07, 6.45) is 2.94. The lowest BCUT2D eigenvalue weighted by atomic mass is 10.1. The number of piperidine rings is 1. The molecule has 72 valence electrons. The minimum atomic E-state index is 0.457. The Morgan fingerprint density at radius 2 is 2.33 bits per heavy atom. The van der Waals surface area contributed by atoms with E-state index in [0.717, 1.165) is 26.2 Å². The predicted molar refractivity (Wildman–Crippen MR) is 50.4 cm³/mol. The van der Waals surface area contributed by atoms with Gasteiger partial charge in [0.15, 0.2) is 0 Å². The van der Waals surface area contributed by atoms with Crippen molar-refractivity contribution in [3.63, 3.8) is 0 Å². The molecule has 0 radical (unpaired) electrons. The molecule has 0 spiro atoms. The monoisotopic (exact) mass is 172 g/mol. The summed E-state index contributed by atoms with van der Waals surface area (Å²) < 4.78 is 5.69. The molecule has 0 aromatic rings. The Morgan fingerprint density at radius 3 is 2.92 bits per heavy atom. The van der Waals surface area contributed by atoms with Crippen molar-refractivity contribution in [2.75, 3.05) is 40.3 Å². The molecule has 0 aromatic heterocycles. The second-order valence-electron chi connectivity index (χ2n) is 3.64. The SMILES string of the molecule is CN(C)CCO[C@@H]1CCCNC1. The number of ether oxygens (including phenoxy) is 1. The summed E-state index contributed by atoms with van der Waals surface area (Å²) >= 11 is 0.